The van der Waals surface area contributed by atoms with Crippen LogP contribution in [0.4, 0.5) is 10.1 Å². The van der Waals surface area contributed by atoms with E-state index in [2.05, 4.69) is 5.32 Å². The van der Waals surface area contributed by atoms with Crippen LogP contribution >= 0.6 is 0 Å². The predicted octanol–water partition coefficient (Wildman–Crippen LogP) is 4.03. The number of amides is 1. The molecule has 26 heavy (non-hydrogen) atoms. The lowest BCUT2D eigenvalue weighted by molar-refractivity contribution is -0.122. The quantitative estimate of drug-likeness (QED) is 0.860. The van der Waals surface area contributed by atoms with Crippen molar-refractivity contribution < 1.29 is 13.9 Å². The smallest absolute Gasteiger partial charge is 0.220 e. The number of carbonyl (C=O) groups is 1. The summed E-state index contributed by atoms with van der Waals surface area (Å²) in [7, 11) is 0. The van der Waals surface area contributed by atoms with Crippen molar-refractivity contribution in [2.45, 2.75) is 71.1 Å². The summed E-state index contributed by atoms with van der Waals surface area (Å²) in [5.41, 5.74) is 1.42. The summed E-state index contributed by atoms with van der Waals surface area (Å²) in [6.07, 6.45) is 6.88. The maximum Gasteiger partial charge on any atom is 0.220 e. The Hall–Kier alpha value is -1.62. The molecule has 1 saturated carbocycles. The van der Waals surface area contributed by atoms with Gasteiger partial charge in [-0.15, -0.1) is 0 Å². The minimum atomic E-state index is -0.231. The summed E-state index contributed by atoms with van der Waals surface area (Å²) in [6.45, 7) is 5.80. The number of ether oxygens (including phenoxy) is 1. The second-order valence-electron chi connectivity index (χ2n) is 7.93. The molecule has 1 saturated heterocycles. The highest BCUT2D eigenvalue weighted by molar-refractivity contribution is 5.76. The number of benzene rings is 1. The number of morpholine rings is 1. The van der Waals surface area contributed by atoms with Crippen LogP contribution < -0.4 is 10.2 Å². The molecule has 2 aliphatic rings. The van der Waals surface area contributed by atoms with Crippen LogP contribution in [-0.4, -0.2) is 31.2 Å². The van der Waals surface area contributed by atoms with Gasteiger partial charge >= 0.3 is 0 Å². The molecule has 0 bridgehead atoms. The van der Waals surface area contributed by atoms with Crippen LogP contribution in [0.25, 0.3) is 0 Å². The maximum atomic E-state index is 14.6. The third-order valence-corrected chi connectivity index (χ3v) is 5.46. The van der Waals surface area contributed by atoms with Crippen LogP contribution in [-0.2, 0) is 16.1 Å². The molecule has 2 fully saturated rings. The van der Waals surface area contributed by atoms with Gasteiger partial charge in [-0.05, 0) is 50.3 Å². The molecule has 1 amide bonds. The van der Waals surface area contributed by atoms with E-state index in [9.17, 15) is 9.18 Å². The summed E-state index contributed by atoms with van der Waals surface area (Å²) in [6, 6.07) is 5.27. The molecule has 2 unspecified atom stereocenters. The molecule has 0 radical (unpaired) electrons. The minimum Gasteiger partial charge on any atom is -0.372 e. The van der Waals surface area contributed by atoms with Crippen molar-refractivity contribution in [3.8, 4) is 0 Å². The summed E-state index contributed by atoms with van der Waals surface area (Å²) < 4.78 is 20.3. The predicted molar refractivity (Wildman–Crippen MR) is 102 cm³/mol. The molecule has 3 rings (SSSR count). The standard InChI is InChI=1S/C21H31FN2O2/c1-15-13-24(14-16(2)26-15)20-9-8-18(10-19(20)22)12-23-21(25)11-17-6-4-3-5-7-17/h8-10,15-17H,3-7,11-14H2,1-2H3,(H,23,25). The molecule has 1 aromatic rings. The Morgan fingerprint density at radius 3 is 2.54 bits per heavy atom. The highest BCUT2D eigenvalue weighted by atomic mass is 19.1. The van der Waals surface area contributed by atoms with Gasteiger partial charge in [0.25, 0.3) is 0 Å². The van der Waals surface area contributed by atoms with Crippen LogP contribution in [0.3, 0.4) is 0 Å². The average molecular weight is 362 g/mol. The van der Waals surface area contributed by atoms with E-state index in [4.69, 9.17) is 4.74 Å². The van der Waals surface area contributed by atoms with Gasteiger partial charge in [0.2, 0.25) is 5.91 Å². The lowest BCUT2D eigenvalue weighted by atomic mass is 9.87. The number of hydrogen-bond donors (Lipinski definition) is 1. The first-order chi connectivity index (χ1) is 12.5. The highest BCUT2D eigenvalue weighted by Crippen LogP contribution is 2.27. The van der Waals surface area contributed by atoms with E-state index < -0.39 is 0 Å². The van der Waals surface area contributed by atoms with Crippen LogP contribution in [0.15, 0.2) is 18.2 Å². The van der Waals surface area contributed by atoms with Crippen LogP contribution in [0.2, 0.25) is 0 Å². The summed E-state index contributed by atoms with van der Waals surface area (Å²) >= 11 is 0. The molecule has 1 N–H and O–H groups in total. The van der Waals surface area contributed by atoms with Gasteiger partial charge in [0.15, 0.2) is 0 Å². The Balaban J connectivity index is 1.53. The van der Waals surface area contributed by atoms with Gasteiger partial charge in [0, 0.05) is 26.1 Å². The Kier molecular flexibility index (Phi) is 6.52. The fourth-order valence-electron chi connectivity index (χ4n) is 4.22. The van der Waals surface area contributed by atoms with Gasteiger partial charge in [-0.3, -0.25) is 4.79 Å². The number of carbonyl (C=O) groups excluding carboxylic acids is 1. The van der Waals surface area contributed by atoms with Crippen LogP contribution in [0.5, 0.6) is 0 Å². The topological polar surface area (TPSA) is 41.6 Å². The zero-order valence-electron chi connectivity index (χ0n) is 16.0. The van der Waals surface area contributed by atoms with Gasteiger partial charge in [-0.1, -0.05) is 25.3 Å². The highest BCUT2D eigenvalue weighted by Gasteiger charge is 2.24. The van der Waals surface area contributed by atoms with Crippen molar-refractivity contribution in [1.82, 2.24) is 5.32 Å². The van der Waals surface area contributed by atoms with Gasteiger partial charge in [0.1, 0.15) is 5.82 Å². The average Bonchev–Trinajstić information content (AvgIpc) is 2.60. The summed E-state index contributed by atoms with van der Waals surface area (Å²) in [5.74, 6) is 0.371. The van der Waals surface area contributed by atoms with Crippen molar-refractivity contribution in [3.05, 3.63) is 29.6 Å². The number of nitrogens with zero attached hydrogens (tertiary/aromatic N) is 1. The molecule has 4 nitrogen and oxygen atoms in total. The second kappa shape index (κ2) is 8.85. The Morgan fingerprint density at radius 2 is 1.88 bits per heavy atom. The van der Waals surface area contributed by atoms with E-state index in [1.807, 2.05) is 30.9 Å². The monoisotopic (exact) mass is 362 g/mol. The largest absolute Gasteiger partial charge is 0.372 e. The molecule has 1 aliphatic carbocycles. The lowest BCUT2D eigenvalue weighted by Crippen LogP contribution is -2.45. The van der Waals surface area contributed by atoms with Crippen LogP contribution in [0.1, 0.15) is 57.9 Å². The number of nitrogens with one attached hydrogen (secondary N) is 1. The molecule has 5 heteroatoms. The number of halogens is 1. The van der Waals surface area contributed by atoms with E-state index in [0.717, 1.165) is 18.4 Å². The SMILES string of the molecule is CC1CN(c2ccc(CNC(=O)CC3CCCCC3)cc2F)CC(C)O1. The molecule has 0 spiro atoms. The minimum absolute atomic E-state index is 0.0808. The molecule has 0 aromatic heterocycles. The van der Waals surface area contributed by atoms with E-state index in [1.165, 1.54) is 19.3 Å². The van der Waals surface area contributed by atoms with Crippen molar-refractivity contribution in [2.75, 3.05) is 18.0 Å². The van der Waals surface area contributed by atoms with E-state index in [0.29, 0.717) is 37.7 Å². The molecule has 144 valence electrons. The van der Waals surface area contributed by atoms with E-state index in [-0.39, 0.29) is 23.9 Å². The third kappa shape index (κ3) is 5.19. The van der Waals surface area contributed by atoms with Gasteiger partial charge < -0.3 is 15.0 Å². The zero-order chi connectivity index (χ0) is 18.5. The summed E-state index contributed by atoms with van der Waals surface area (Å²) in [4.78, 5) is 14.2. The molecule has 1 aromatic carbocycles. The fourth-order valence-corrected chi connectivity index (χ4v) is 4.22. The van der Waals surface area contributed by atoms with Crippen LogP contribution in [0, 0.1) is 11.7 Å². The molecule has 2 atom stereocenters. The van der Waals surface area contributed by atoms with Gasteiger partial charge in [0.05, 0.1) is 17.9 Å². The first-order valence-electron chi connectivity index (χ1n) is 9.97. The van der Waals surface area contributed by atoms with Gasteiger partial charge in [-0.25, -0.2) is 4.39 Å². The number of anilines is 1. The Bertz CT molecular complexity index is 606. The number of rotatable bonds is 5. The normalized spacial score (nSPS) is 24.5. The molecule has 1 heterocycles. The molecule has 1 aliphatic heterocycles. The van der Waals surface area contributed by atoms with E-state index in [1.54, 1.807) is 6.07 Å². The lowest BCUT2D eigenvalue weighted by Gasteiger charge is -2.37. The fraction of sp³-hybridized carbons (Fsp3) is 0.667. The van der Waals surface area contributed by atoms with E-state index >= 15 is 0 Å². The van der Waals surface area contributed by atoms with Gasteiger partial charge in [-0.2, -0.15) is 0 Å². The Labute approximate surface area is 156 Å². The maximum absolute atomic E-state index is 14.6. The van der Waals surface area contributed by atoms with Crippen molar-refractivity contribution in [2.24, 2.45) is 5.92 Å². The number of hydrogen-bond acceptors (Lipinski definition) is 3. The Morgan fingerprint density at radius 1 is 1.19 bits per heavy atom. The third-order valence-electron chi connectivity index (χ3n) is 5.46. The first-order valence-corrected chi connectivity index (χ1v) is 9.97. The molecular weight excluding hydrogens is 331 g/mol. The zero-order valence-corrected chi connectivity index (χ0v) is 16.0. The molecular formula is C21H31FN2O2. The van der Waals surface area contributed by atoms with Crippen molar-refractivity contribution in [3.63, 3.8) is 0 Å². The second-order valence-corrected chi connectivity index (χ2v) is 7.93. The van der Waals surface area contributed by atoms with Crippen molar-refractivity contribution in [1.29, 1.82) is 0 Å². The summed E-state index contributed by atoms with van der Waals surface area (Å²) in [5, 5.41) is 2.95. The first kappa shape index (κ1) is 19.2. The van der Waals surface area contributed by atoms with Crippen molar-refractivity contribution >= 4 is 11.6 Å².